The van der Waals surface area contributed by atoms with Crippen LogP contribution in [-0.2, 0) is 11.2 Å². The van der Waals surface area contributed by atoms with Crippen LogP contribution in [0.25, 0.3) is 0 Å². The quantitative estimate of drug-likeness (QED) is 0.839. The summed E-state index contributed by atoms with van der Waals surface area (Å²) in [5.74, 6) is 0.961. The van der Waals surface area contributed by atoms with E-state index in [1.54, 1.807) is 7.11 Å². The number of rotatable bonds is 6. The lowest BCUT2D eigenvalue weighted by atomic mass is 9.72. The van der Waals surface area contributed by atoms with Crippen molar-refractivity contribution in [2.24, 2.45) is 0 Å². The van der Waals surface area contributed by atoms with E-state index in [4.69, 9.17) is 9.47 Å². The summed E-state index contributed by atoms with van der Waals surface area (Å²) < 4.78 is 11.2. The van der Waals surface area contributed by atoms with Crippen LogP contribution < -0.4 is 10.1 Å². The minimum Gasteiger partial charge on any atom is -0.496 e. The minimum absolute atomic E-state index is 0.00953. The fraction of sp³-hybridized carbons (Fsp3) is 0.600. The van der Waals surface area contributed by atoms with Gasteiger partial charge in [0.1, 0.15) is 5.75 Å². The molecule has 2 rings (SSSR count). The van der Waals surface area contributed by atoms with Crippen LogP contribution in [0, 0.1) is 0 Å². The summed E-state index contributed by atoms with van der Waals surface area (Å²) in [5.41, 5.74) is 1.25. The molecule has 3 heteroatoms. The number of hydrogen-bond acceptors (Lipinski definition) is 3. The summed E-state index contributed by atoms with van der Waals surface area (Å²) in [6.07, 6.45) is 4.49. The van der Waals surface area contributed by atoms with Crippen LogP contribution in [0.15, 0.2) is 24.3 Å². The van der Waals surface area contributed by atoms with Gasteiger partial charge in [-0.2, -0.15) is 0 Å². The van der Waals surface area contributed by atoms with Crippen LogP contribution in [0.2, 0.25) is 0 Å². The van der Waals surface area contributed by atoms with Crippen LogP contribution in [0.1, 0.15) is 24.8 Å². The molecule has 0 aliphatic heterocycles. The lowest BCUT2D eigenvalue weighted by Gasteiger charge is -2.46. The normalized spacial score (nSPS) is 19.1. The zero-order chi connectivity index (χ0) is 13.0. The Labute approximate surface area is 109 Å². The number of methoxy groups -OCH3 is 2. The third-order valence-electron chi connectivity index (χ3n) is 4.21. The highest BCUT2D eigenvalue weighted by Gasteiger charge is 2.43. The number of ether oxygens (including phenoxy) is 2. The van der Waals surface area contributed by atoms with Crippen molar-refractivity contribution in [3.63, 3.8) is 0 Å². The van der Waals surface area contributed by atoms with Crippen molar-refractivity contribution in [1.82, 2.24) is 5.32 Å². The molecule has 100 valence electrons. The van der Waals surface area contributed by atoms with Crippen LogP contribution in [-0.4, -0.2) is 32.9 Å². The Kier molecular flexibility index (Phi) is 4.25. The van der Waals surface area contributed by atoms with Gasteiger partial charge in [-0.3, -0.25) is 0 Å². The fourth-order valence-corrected chi connectivity index (χ4v) is 2.86. The monoisotopic (exact) mass is 249 g/mol. The van der Waals surface area contributed by atoms with E-state index in [0.29, 0.717) is 6.04 Å². The number of hydrogen-bond donors (Lipinski definition) is 1. The predicted molar refractivity (Wildman–Crippen MR) is 73.1 cm³/mol. The van der Waals surface area contributed by atoms with Gasteiger partial charge in [-0.25, -0.2) is 0 Å². The minimum atomic E-state index is 0.00953. The average molecular weight is 249 g/mol. The van der Waals surface area contributed by atoms with Gasteiger partial charge in [0.15, 0.2) is 0 Å². The van der Waals surface area contributed by atoms with E-state index in [1.807, 2.05) is 26.3 Å². The highest BCUT2D eigenvalue weighted by molar-refractivity contribution is 5.34. The van der Waals surface area contributed by atoms with E-state index in [2.05, 4.69) is 17.4 Å². The van der Waals surface area contributed by atoms with Gasteiger partial charge in [-0.15, -0.1) is 0 Å². The zero-order valence-corrected chi connectivity index (χ0v) is 11.5. The van der Waals surface area contributed by atoms with E-state index >= 15 is 0 Å². The molecule has 1 aliphatic rings. The van der Waals surface area contributed by atoms with E-state index in [9.17, 15) is 0 Å². The summed E-state index contributed by atoms with van der Waals surface area (Å²) in [6, 6.07) is 8.55. The van der Waals surface area contributed by atoms with Crippen molar-refractivity contribution in [2.45, 2.75) is 37.3 Å². The van der Waals surface area contributed by atoms with E-state index in [0.717, 1.165) is 25.0 Å². The van der Waals surface area contributed by atoms with Gasteiger partial charge in [-0.1, -0.05) is 18.2 Å². The molecule has 1 atom stereocenters. The smallest absolute Gasteiger partial charge is 0.122 e. The van der Waals surface area contributed by atoms with Gasteiger partial charge >= 0.3 is 0 Å². The third kappa shape index (κ3) is 2.38. The van der Waals surface area contributed by atoms with Crippen molar-refractivity contribution < 1.29 is 9.47 Å². The standard InChI is InChI=1S/C15H23NO2/c1-16-14(15(18-3)9-6-10-15)11-12-7-4-5-8-13(12)17-2/h4-5,7-8,14,16H,6,9-11H2,1-3H3. The first kappa shape index (κ1) is 13.4. The Bertz CT molecular complexity index is 382. The molecule has 1 unspecified atom stereocenters. The van der Waals surface area contributed by atoms with Crippen molar-refractivity contribution in [2.75, 3.05) is 21.3 Å². The number of para-hydroxylation sites is 1. The molecule has 18 heavy (non-hydrogen) atoms. The van der Waals surface area contributed by atoms with Gasteiger partial charge in [-0.05, 0) is 44.4 Å². The molecule has 1 aromatic carbocycles. The lowest BCUT2D eigenvalue weighted by Crippen LogP contribution is -2.56. The zero-order valence-electron chi connectivity index (χ0n) is 11.5. The van der Waals surface area contributed by atoms with Crippen molar-refractivity contribution in [3.05, 3.63) is 29.8 Å². The Morgan fingerprint density at radius 3 is 2.50 bits per heavy atom. The maximum absolute atomic E-state index is 5.77. The van der Waals surface area contributed by atoms with Crippen LogP contribution >= 0.6 is 0 Å². The molecule has 0 saturated heterocycles. The highest BCUT2D eigenvalue weighted by atomic mass is 16.5. The van der Waals surface area contributed by atoms with Crippen molar-refractivity contribution >= 4 is 0 Å². The molecule has 1 fully saturated rings. The summed E-state index contributed by atoms with van der Waals surface area (Å²) in [7, 11) is 5.56. The number of likely N-dealkylation sites (N-methyl/N-ethyl adjacent to an activating group) is 1. The Morgan fingerprint density at radius 2 is 2.00 bits per heavy atom. The highest BCUT2D eigenvalue weighted by Crippen LogP contribution is 2.39. The predicted octanol–water partition coefficient (Wildman–Crippen LogP) is 2.39. The summed E-state index contributed by atoms with van der Waals surface area (Å²) in [5, 5.41) is 3.41. The molecule has 0 amide bonds. The molecular weight excluding hydrogens is 226 g/mol. The molecule has 1 saturated carbocycles. The molecule has 0 heterocycles. The summed E-state index contributed by atoms with van der Waals surface area (Å²) in [6.45, 7) is 0. The molecular formula is C15H23NO2. The topological polar surface area (TPSA) is 30.5 Å². The molecule has 1 aromatic rings. The van der Waals surface area contributed by atoms with Crippen molar-refractivity contribution in [1.29, 1.82) is 0 Å². The SMILES string of the molecule is CNC(Cc1ccccc1OC)C1(OC)CCC1. The Morgan fingerprint density at radius 1 is 1.28 bits per heavy atom. The molecule has 3 nitrogen and oxygen atoms in total. The summed E-state index contributed by atoms with van der Waals surface area (Å²) in [4.78, 5) is 0. The van der Waals surface area contributed by atoms with E-state index in [-0.39, 0.29) is 5.60 Å². The van der Waals surface area contributed by atoms with E-state index in [1.165, 1.54) is 12.0 Å². The first-order valence-electron chi connectivity index (χ1n) is 6.60. The van der Waals surface area contributed by atoms with Gasteiger partial charge in [0.2, 0.25) is 0 Å². The largest absolute Gasteiger partial charge is 0.496 e. The first-order chi connectivity index (χ1) is 8.75. The van der Waals surface area contributed by atoms with E-state index < -0.39 is 0 Å². The third-order valence-corrected chi connectivity index (χ3v) is 4.21. The van der Waals surface area contributed by atoms with Gasteiger partial charge < -0.3 is 14.8 Å². The molecule has 0 bridgehead atoms. The second-order valence-electron chi connectivity index (χ2n) is 4.98. The first-order valence-corrected chi connectivity index (χ1v) is 6.60. The molecule has 1 N–H and O–H groups in total. The number of nitrogens with one attached hydrogen (secondary N) is 1. The van der Waals surface area contributed by atoms with Gasteiger partial charge in [0, 0.05) is 13.2 Å². The second-order valence-corrected chi connectivity index (χ2v) is 4.98. The molecule has 1 aliphatic carbocycles. The maximum atomic E-state index is 5.77. The van der Waals surface area contributed by atoms with Crippen LogP contribution in [0.4, 0.5) is 0 Å². The molecule has 0 spiro atoms. The maximum Gasteiger partial charge on any atom is 0.122 e. The average Bonchev–Trinajstić information content (AvgIpc) is 2.37. The number of benzene rings is 1. The Balaban J connectivity index is 2.15. The van der Waals surface area contributed by atoms with Gasteiger partial charge in [0.25, 0.3) is 0 Å². The lowest BCUT2D eigenvalue weighted by molar-refractivity contribution is -0.0967. The van der Waals surface area contributed by atoms with Crippen LogP contribution in [0.5, 0.6) is 5.75 Å². The van der Waals surface area contributed by atoms with Crippen molar-refractivity contribution in [3.8, 4) is 5.75 Å². The van der Waals surface area contributed by atoms with Gasteiger partial charge in [0.05, 0.1) is 12.7 Å². The molecule has 0 aromatic heterocycles. The Hall–Kier alpha value is -1.06. The summed E-state index contributed by atoms with van der Waals surface area (Å²) >= 11 is 0. The second kappa shape index (κ2) is 5.72. The van der Waals surface area contributed by atoms with Crippen LogP contribution in [0.3, 0.4) is 0 Å². The molecule has 0 radical (unpaired) electrons. The fourth-order valence-electron chi connectivity index (χ4n) is 2.86.